The van der Waals surface area contributed by atoms with E-state index in [0.717, 1.165) is 0 Å². The summed E-state index contributed by atoms with van der Waals surface area (Å²) >= 11 is 0. The zero-order chi connectivity index (χ0) is 15.9. The molecule has 0 unspecified atom stereocenters. The molecule has 2 amide bonds. The van der Waals surface area contributed by atoms with Crippen LogP contribution < -0.4 is 5.32 Å². The van der Waals surface area contributed by atoms with Crippen molar-refractivity contribution in [3.8, 4) is 0 Å². The lowest BCUT2D eigenvalue weighted by molar-refractivity contribution is 0.0353. The van der Waals surface area contributed by atoms with E-state index in [4.69, 9.17) is 24.5 Å². The van der Waals surface area contributed by atoms with Gasteiger partial charge < -0.3 is 19.7 Å². The van der Waals surface area contributed by atoms with Crippen molar-refractivity contribution in [1.29, 1.82) is 0 Å². The molecule has 0 aromatic rings. The van der Waals surface area contributed by atoms with Gasteiger partial charge in [-0.1, -0.05) is 0 Å². The Morgan fingerprint density at radius 1 is 0.789 bits per heavy atom. The molecule has 0 aliphatic rings. The smallest absolute Gasteiger partial charge is 0.450 e. The molecule has 0 saturated heterocycles. The maximum atomic E-state index is 11.1. The normalized spacial score (nSPS) is 10.6. The summed E-state index contributed by atoms with van der Waals surface area (Å²) in [6, 6.07) is 0. The van der Waals surface area contributed by atoms with E-state index in [-0.39, 0.29) is 0 Å². The summed E-state index contributed by atoms with van der Waals surface area (Å²) in [6.07, 6.45) is -3.45. The van der Waals surface area contributed by atoms with E-state index in [9.17, 15) is 9.59 Å². The molecular weight excluding hydrogens is 258 g/mol. The molecule has 0 bridgehead atoms. The lowest BCUT2D eigenvalue weighted by Gasteiger charge is -2.21. The number of carbonyl (C=O) groups excluding carboxylic acids is 2. The number of alkyl carbamates (subject to hydrolysis) is 2. The molecule has 0 saturated carbocycles. The van der Waals surface area contributed by atoms with E-state index in [1.54, 1.807) is 41.5 Å². The summed E-state index contributed by atoms with van der Waals surface area (Å²) < 4.78 is 9.74. The van der Waals surface area contributed by atoms with E-state index >= 15 is 0 Å². The van der Waals surface area contributed by atoms with Crippen LogP contribution in [0.5, 0.6) is 0 Å². The Kier molecular flexibility index (Phi) is 7.58. The minimum absolute atomic E-state index is 0.633. The van der Waals surface area contributed by atoms with Crippen molar-refractivity contribution in [1.82, 2.24) is 5.32 Å². The Labute approximate surface area is 111 Å². The fraction of sp³-hybridized carbons (Fsp3) is 0.727. The van der Waals surface area contributed by atoms with Gasteiger partial charge in [0.1, 0.15) is 11.2 Å². The largest absolute Gasteiger partial charge is 0.503 e. The number of imide groups is 1. The SMILES string of the molecule is CC(C)(C)OC(=O)NC(=O)OC(C)(C)C.O=C(O)O. The van der Waals surface area contributed by atoms with Gasteiger partial charge in [0, 0.05) is 0 Å². The zero-order valence-corrected chi connectivity index (χ0v) is 11.9. The van der Waals surface area contributed by atoms with Gasteiger partial charge in [0.2, 0.25) is 0 Å². The Hall–Kier alpha value is -1.99. The van der Waals surface area contributed by atoms with Crippen LogP contribution in [-0.4, -0.2) is 39.8 Å². The van der Waals surface area contributed by atoms with Crippen molar-refractivity contribution in [2.75, 3.05) is 0 Å². The van der Waals surface area contributed by atoms with Crippen LogP contribution in [0, 0.1) is 0 Å². The van der Waals surface area contributed by atoms with Crippen LogP contribution in [0.1, 0.15) is 41.5 Å². The number of amides is 2. The van der Waals surface area contributed by atoms with Gasteiger partial charge in [-0.25, -0.2) is 19.7 Å². The monoisotopic (exact) mass is 279 g/mol. The standard InChI is InChI=1S/C10H19NO4.CH2O3/c1-9(2,3)14-7(12)11-8(13)15-10(4,5)6;2-1(3)4/h1-6H3,(H,11,12,13);(H2,2,3,4). The second-order valence-corrected chi connectivity index (χ2v) is 5.41. The molecule has 112 valence electrons. The molecule has 3 N–H and O–H groups in total. The quantitative estimate of drug-likeness (QED) is 0.622. The predicted molar refractivity (Wildman–Crippen MR) is 66.3 cm³/mol. The third kappa shape index (κ3) is 21.8. The number of ether oxygens (including phenoxy) is 2. The average molecular weight is 279 g/mol. The van der Waals surface area contributed by atoms with Crippen molar-refractivity contribution in [2.45, 2.75) is 52.7 Å². The molecule has 0 atom stereocenters. The van der Waals surface area contributed by atoms with Gasteiger partial charge in [0.25, 0.3) is 0 Å². The van der Waals surface area contributed by atoms with Gasteiger partial charge in [-0.15, -0.1) is 0 Å². The second-order valence-electron chi connectivity index (χ2n) is 5.41. The predicted octanol–water partition coefficient (Wildman–Crippen LogP) is 2.67. The second kappa shape index (κ2) is 7.45. The van der Waals surface area contributed by atoms with E-state index in [2.05, 4.69) is 0 Å². The van der Waals surface area contributed by atoms with Crippen LogP contribution in [0.2, 0.25) is 0 Å². The number of hydrogen-bond acceptors (Lipinski definition) is 5. The van der Waals surface area contributed by atoms with Crippen LogP contribution in [-0.2, 0) is 9.47 Å². The Morgan fingerprint density at radius 3 is 1.16 bits per heavy atom. The minimum atomic E-state index is -1.83. The highest BCUT2D eigenvalue weighted by atomic mass is 16.6. The highest BCUT2D eigenvalue weighted by Crippen LogP contribution is 2.08. The molecule has 8 heteroatoms. The summed E-state index contributed by atoms with van der Waals surface area (Å²) in [5.41, 5.74) is -1.27. The molecule has 0 radical (unpaired) electrons. The highest BCUT2D eigenvalue weighted by Gasteiger charge is 2.21. The number of rotatable bonds is 0. The molecule has 0 aliphatic carbocycles. The summed E-state index contributed by atoms with van der Waals surface area (Å²) in [5.74, 6) is 0. The van der Waals surface area contributed by atoms with Gasteiger partial charge in [0.05, 0.1) is 0 Å². The maximum Gasteiger partial charge on any atom is 0.503 e. The van der Waals surface area contributed by atoms with Gasteiger partial charge in [0.15, 0.2) is 0 Å². The van der Waals surface area contributed by atoms with Crippen LogP contribution in [0.25, 0.3) is 0 Å². The lowest BCUT2D eigenvalue weighted by Crippen LogP contribution is -2.39. The van der Waals surface area contributed by atoms with Crippen molar-refractivity contribution in [3.05, 3.63) is 0 Å². The first-order valence-corrected chi connectivity index (χ1v) is 5.38. The highest BCUT2D eigenvalue weighted by molar-refractivity contribution is 5.87. The molecule has 19 heavy (non-hydrogen) atoms. The Bertz CT molecular complexity index is 295. The number of hydrogen-bond donors (Lipinski definition) is 3. The van der Waals surface area contributed by atoms with E-state index in [1.807, 2.05) is 5.32 Å². The van der Waals surface area contributed by atoms with E-state index in [0.29, 0.717) is 0 Å². The first-order valence-electron chi connectivity index (χ1n) is 5.38. The van der Waals surface area contributed by atoms with E-state index < -0.39 is 29.5 Å². The first-order chi connectivity index (χ1) is 8.23. The molecule has 0 spiro atoms. The fourth-order valence-electron chi connectivity index (χ4n) is 0.691. The zero-order valence-electron chi connectivity index (χ0n) is 11.9. The van der Waals surface area contributed by atoms with Crippen molar-refractivity contribution in [2.24, 2.45) is 0 Å². The van der Waals surface area contributed by atoms with Crippen molar-refractivity contribution >= 4 is 18.3 Å². The van der Waals surface area contributed by atoms with Crippen LogP contribution in [0.15, 0.2) is 0 Å². The Morgan fingerprint density at radius 2 is 1.00 bits per heavy atom. The van der Waals surface area contributed by atoms with Gasteiger partial charge >= 0.3 is 18.3 Å². The molecule has 8 nitrogen and oxygen atoms in total. The lowest BCUT2D eigenvalue weighted by atomic mass is 10.2. The van der Waals surface area contributed by atoms with Gasteiger partial charge in [-0.05, 0) is 41.5 Å². The summed E-state index contributed by atoms with van der Waals surface area (Å²) in [6.45, 7) is 10.3. The molecule has 0 rings (SSSR count). The van der Waals surface area contributed by atoms with E-state index in [1.165, 1.54) is 0 Å². The molecule has 0 fully saturated rings. The van der Waals surface area contributed by atoms with Crippen molar-refractivity contribution in [3.63, 3.8) is 0 Å². The average Bonchev–Trinajstić information content (AvgIpc) is 1.91. The summed E-state index contributed by atoms with van der Waals surface area (Å²) in [7, 11) is 0. The number of nitrogens with one attached hydrogen (secondary N) is 1. The van der Waals surface area contributed by atoms with Crippen LogP contribution in [0.3, 0.4) is 0 Å². The minimum Gasteiger partial charge on any atom is -0.450 e. The van der Waals surface area contributed by atoms with Crippen LogP contribution >= 0.6 is 0 Å². The van der Waals surface area contributed by atoms with Crippen LogP contribution in [0.4, 0.5) is 14.4 Å². The molecule has 0 heterocycles. The molecular formula is C11H21NO7. The summed E-state index contributed by atoms with van der Waals surface area (Å²) in [4.78, 5) is 30.8. The van der Waals surface area contributed by atoms with Gasteiger partial charge in [-0.3, -0.25) is 0 Å². The summed E-state index contributed by atoms with van der Waals surface area (Å²) in [5, 5.41) is 15.9. The Balaban J connectivity index is 0. The fourth-order valence-corrected chi connectivity index (χ4v) is 0.691. The van der Waals surface area contributed by atoms with Gasteiger partial charge in [-0.2, -0.15) is 0 Å². The molecule has 0 aliphatic heterocycles. The molecule has 0 aromatic heterocycles. The first kappa shape index (κ1) is 19.4. The topological polar surface area (TPSA) is 122 Å². The maximum absolute atomic E-state index is 11.1. The third-order valence-electron chi connectivity index (χ3n) is 1.00. The number of carbonyl (C=O) groups is 3. The van der Waals surface area contributed by atoms with Crippen molar-refractivity contribution < 1.29 is 34.1 Å². The number of carboxylic acid groups (broad SMARTS) is 2. The third-order valence-corrected chi connectivity index (χ3v) is 1.00. The molecule has 0 aromatic carbocycles.